The first-order valence-corrected chi connectivity index (χ1v) is 15.5. The molecule has 2 aliphatic rings. The molecule has 4 rings (SSSR count). The maximum atomic E-state index is 15.7. The number of piperidine rings is 1. The summed E-state index contributed by atoms with van der Waals surface area (Å²) < 4.78 is 56.0. The maximum Gasteiger partial charge on any atom is 0.276 e. The summed E-state index contributed by atoms with van der Waals surface area (Å²) in [6.07, 6.45) is 0.968. The van der Waals surface area contributed by atoms with E-state index >= 15 is 8.78 Å². The lowest BCUT2D eigenvalue weighted by molar-refractivity contribution is -0.124. The van der Waals surface area contributed by atoms with Gasteiger partial charge in [0.1, 0.15) is 17.0 Å². The Labute approximate surface area is 249 Å². The highest BCUT2D eigenvalue weighted by Crippen LogP contribution is 2.52. The third-order valence-electron chi connectivity index (χ3n) is 7.89. The average molecular weight is 629 g/mol. The normalized spacial score (nSPS) is 26.1. The number of carbonyl (C=O) groups is 1. The summed E-state index contributed by atoms with van der Waals surface area (Å²) in [7, 11) is -3.86. The van der Waals surface area contributed by atoms with Crippen molar-refractivity contribution in [2.24, 2.45) is 10.6 Å². The summed E-state index contributed by atoms with van der Waals surface area (Å²) in [5.74, 6) is -3.25. The van der Waals surface area contributed by atoms with Gasteiger partial charge in [0.05, 0.1) is 17.1 Å². The summed E-state index contributed by atoms with van der Waals surface area (Å²) in [5.41, 5.74) is -2.10. The van der Waals surface area contributed by atoms with Crippen LogP contribution in [-0.2, 0) is 20.4 Å². The molecular formula is C28H33Cl2F2N5O3S. The highest BCUT2D eigenvalue weighted by atomic mass is 35.5. The van der Waals surface area contributed by atoms with Gasteiger partial charge in [0, 0.05) is 41.7 Å². The van der Waals surface area contributed by atoms with Gasteiger partial charge >= 0.3 is 0 Å². The Morgan fingerprint density at radius 1 is 1.22 bits per heavy atom. The van der Waals surface area contributed by atoms with Crippen LogP contribution in [0.3, 0.4) is 0 Å². The van der Waals surface area contributed by atoms with Crippen molar-refractivity contribution in [2.45, 2.75) is 69.5 Å². The van der Waals surface area contributed by atoms with Crippen molar-refractivity contribution >= 4 is 39.3 Å². The molecule has 0 unspecified atom stereocenters. The molecule has 2 saturated heterocycles. The summed E-state index contributed by atoms with van der Waals surface area (Å²) in [6, 6.07) is 8.31. The molecule has 0 radical (unpaired) electrons. The predicted octanol–water partition coefficient (Wildman–Crippen LogP) is 4.38. The number of halogens is 4. The van der Waals surface area contributed by atoms with E-state index in [0.717, 1.165) is 10.4 Å². The number of nitriles is 1. The Kier molecular flexibility index (Phi) is 9.05. The van der Waals surface area contributed by atoms with Gasteiger partial charge in [-0.15, -0.1) is 0 Å². The fourth-order valence-electron chi connectivity index (χ4n) is 6.10. The van der Waals surface area contributed by atoms with Crippen LogP contribution in [0.4, 0.5) is 8.78 Å². The second-order valence-electron chi connectivity index (χ2n) is 11.9. The fraction of sp³-hybridized carbons (Fsp3) is 0.500. The van der Waals surface area contributed by atoms with E-state index in [2.05, 4.69) is 16.7 Å². The smallest absolute Gasteiger partial charge is 0.276 e. The molecule has 8 nitrogen and oxygen atoms in total. The molecule has 41 heavy (non-hydrogen) atoms. The Balaban J connectivity index is 1.83. The Bertz CT molecular complexity index is 1470. The number of amides is 1. The minimum atomic E-state index is -3.86. The third kappa shape index (κ3) is 6.38. The minimum Gasteiger partial charge on any atom is -0.352 e. The van der Waals surface area contributed by atoms with E-state index in [1.54, 1.807) is 0 Å². The second kappa shape index (κ2) is 11.7. The first kappa shape index (κ1) is 31.6. The average Bonchev–Trinajstić information content (AvgIpc) is 3.18. The van der Waals surface area contributed by atoms with Gasteiger partial charge in [-0.05, 0) is 48.4 Å². The summed E-state index contributed by atoms with van der Waals surface area (Å²) >= 11 is 12.2. The highest BCUT2D eigenvalue weighted by Gasteiger charge is 2.61. The van der Waals surface area contributed by atoms with Crippen LogP contribution in [0.15, 0.2) is 36.4 Å². The molecule has 2 aromatic rings. The highest BCUT2D eigenvalue weighted by molar-refractivity contribution is 7.86. The molecule has 4 atom stereocenters. The van der Waals surface area contributed by atoms with E-state index in [1.165, 1.54) is 30.3 Å². The number of carbonyl (C=O) groups excluding carboxylic acids is 1. The number of rotatable bonds is 6. The summed E-state index contributed by atoms with van der Waals surface area (Å²) in [5, 5.41) is 22.3. The van der Waals surface area contributed by atoms with Crippen molar-refractivity contribution in [3.05, 3.63) is 69.2 Å². The van der Waals surface area contributed by atoms with Crippen LogP contribution in [0.5, 0.6) is 0 Å². The topological polar surface area (TPSA) is 128 Å². The summed E-state index contributed by atoms with van der Waals surface area (Å²) in [6.45, 7) is 6.11. The zero-order valence-electron chi connectivity index (χ0n) is 22.9. The Hall–Kier alpha value is -2.33. The van der Waals surface area contributed by atoms with E-state index in [0.29, 0.717) is 19.3 Å². The number of hydrogen-bond acceptors (Lipinski definition) is 5. The number of benzene rings is 2. The van der Waals surface area contributed by atoms with Crippen LogP contribution in [0.25, 0.3) is 0 Å². The number of nitrogens with zero attached hydrogens (tertiary/aromatic N) is 2. The van der Waals surface area contributed by atoms with Gasteiger partial charge in [-0.25, -0.2) is 13.9 Å². The molecule has 0 aliphatic carbocycles. The monoisotopic (exact) mass is 627 g/mol. The van der Waals surface area contributed by atoms with Gasteiger partial charge in [0.2, 0.25) is 5.91 Å². The van der Waals surface area contributed by atoms with Crippen LogP contribution < -0.4 is 15.8 Å². The lowest BCUT2D eigenvalue weighted by Gasteiger charge is -2.37. The maximum absolute atomic E-state index is 15.7. The van der Waals surface area contributed by atoms with Crippen molar-refractivity contribution in [1.29, 1.82) is 5.26 Å². The predicted molar refractivity (Wildman–Crippen MR) is 153 cm³/mol. The third-order valence-corrected chi connectivity index (χ3v) is 9.50. The van der Waals surface area contributed by atoms with Crippen molar-refractivity contribution in [3.8, 4) is 6.07 Å². The molecular weight excluding hydrogens is 595 g/mol. The fourth-order valence-corrected chi connectivity index (χ4v) is 7.16. The lowest BCUT2D eigenvalue weighted by Crippen LogP contribution is -2.52. The van der Waals surface area contributed by atoms with E-state index in [9.17, 15) is 18.5 Å². The van der Waals surface area contributed by atoms with Crippen molar-refractivity contribution < 1.29 is 22.0 Å². The lowest BCUT2D eigenvalue weighted by atomic mass is 9.62. The molecule has 2 aliphatic heterocycles. The Morgan fingerprint density at radius 2 is 1.88 bits per heavy atom. The molecule has 2 fully saturated rings. The molecule has 13 heteroatoms. The molecule has 4 N–H and O–H groups in total. The van der Waals surface area contributed by atoms with E-state index in [1.807, 2.05) is 20.8 Å². The quantitative estimate of drug-likeness (QED) is 0.438. The van der Waals surface area contributed by atoms with Crippen LogP contribution >= 0.6 is 23.2 Å². The van der Waals surface area contributed by atoms with E-state index < -0.39 is 57.2 Å². The van der Waals surface area contributed by atoms with E-state index in [-0.39, 0.29) is 39.7 Å². The second-order valence-corrected chi connectivity index (χ2v) is 14.3. The molecule has 0 bridgehead atoms. The zero-order valence-corrected chi connectivity index (χ0v) is 25.3. The number of nitrogens with one attached hydrogen (secondary N) is 2. The van der Waals surface area contributed by atoms with Crippen LogP contribution in [0.2, 0.25) is 10.0 Å². The van der Waals surface area contributed by atoms with Gasteiger partial charge in [0.15, 0.2) is 0 Å². The molecule has 2 aromatic carbocycles. The first-order chi connectivity index (χ1) is 19.1. The van der Waals surface area contributed by atoms with E-state index in [4.69, 9.17) is 28.3 Å². The Morgan fingerprint density at radius 3 is 2.44 bits per heavy atom. The molecule has 0 aromatic heterocycles. The van der Waals surface area contributed by atoms with Crippen molar-refractivity contribution in [2.75, 3.05) is 13.1 Å². The molecule has 2 heterocycles. The minimum absolute atomic E-state index is 0.00139. The molecule has 0 spiro atoms. The number of hydrogen-bond donors (Lipinski definition) is 3. The largest absolute Gasteiger partial charge is 0.352 e. The van der Waals surface area contributed by atoms with Crippen LogP contribution in [-0.4, -0.2) is 49.8 Å². The molecule has 0 saturated carbocycles. The first-order valence-electron chi connectivity index (χ1n) is 13.2. The van der Waals surface area contributed by atoms with Gasteiger partial charge in [-0.3, -0.25) is 4.79 Å². The van der Waals surface area contributed by atoms with Crippen molar-refractivity contribution in [3.63, 3.8) is 0 Å². The summed E-state index contributed by atoms with van der Waals surface area (Å²) in [4.78, 5) is 13.9. The van der Waals surface area contributed by atoms with Gasteiger partial charge in [-0.1, -0.05) is 62.2 Å². The molecule has 1 amide bonds. The SMILES string of the molecule is CC(C)(C)C[C@@H]1N[C@@H](C(=O)NC2CCN(S(N)(=O)=O)CC2)[C@H](c2cccc(Cl)c2F)[C@@]1(C#N)c1ccc(Cl)cc1F. The number of nitrogens with two attached hydrogens (primary N) is 1. The zero-order chi connectivity index (χ0) is 30.3. The molecule has 222 valence electrons. The van der Waals surface area contributed by atoms with Gasteiger partial charge in [0.25, 0.3) is 10.2 Å². The van der Waals surface area contributed by atoms with Gasteiger partial charge < -0.3 is 10.6 Å². The van der Waals surface area contributed by atoms with Crippen LogP contribution in [0, 0.1) is 28.4 Å². The van der Waals surface area contributed by atoms with Crippen LogP contribution in [0.1, 0.15) is 57.1 Å². The van der Waals surface area contributed by atoms with Crippen molar-refractivity contribution in [1.82, 2.24) is 14.9 Å². The standard InChI is InChI=1S/C28H33Cl2F2N5O3S/c1-27(2,3)14-22-28(15-33,19-8-7-16(29)13-21(19)31)23(18-5-4-6-20(30)24(18)32)25(36-22)26(38)35-17-9-11-37(12-10-17)41(34,39)40/h4-8,13,17,22-23,25,36H,9-12,14H2,1-3H3,(H,35,38)(H2,34,39,40)/t22-,23-,25+,28-/m0/s1. The van der Waals surface area contributed by atoms with Gasteiger partial charge in [-0.2, -0.15) is 18.0 Å².